The Balaban J connectivity index is 1.25. The monoisotopic (exact) mass is 1260 g/mol. The van der Waals surface area contributed by atoms with Gasteiger partial charge in [-0.15, -0.1) is 0 Å². The standard InChI is InChI=1S/C68H104I2N4O2/c1-5-9-13-17-21-25-29-33-37-41-45-67(46-42-38-34-30-26-22-18-14-10-6-2)55-49-54-56(50-53(55)61-57(67)51-59(69)63-65(61)73-75-71-63)68(47-43-39-35-31-27-23-19-15-11-7-3,48-44-40-36-32-28-24-20-16-12-8-4)58-52-60(70)64-66(62(54)58)74-76-72-64/h49-52H,5-48H2,1-4H3. The smallest absolute Gasteiger partial charge is 0.149 e. The van der Waals surface area contributed by atoms with Gasteiger partial charge in [0.2, 0.25) is 0 Å². The molecule has 2 aliphatic rings. The van der Waals surface area contributed by atoms with Crippen LogP contribution in [0.4, 0.5) is 0 Å². The second-order valence-corrected chi connectivity index (χ2v) is 26.6. The number of rotatable bonds is 44. The Bertz CT molecular complexity index is 2220. The van der Waals surface area contributed by atoms with E-state index in [0.29, 0.717) is 0 Å². The Morgan fingerprint density at radius 3 is 0.763 bits per heavy atom. The molecule has 2 aliphatic carbocycles. The quantitative estimate of drug-likeness (QED) is 0.0286. The first-order valence-corrected chi connectivity index (χ1v) is 34.7. The van der Waals surface area contributed by atoms with Gasteiger partial charge in [0.25, 0.3) is 0 Å². The molecule has 6 nitrogen and oxygen atoms in total. The first-order valence-electron chi connectivity index (χ1n) is 32.6. The van der Waals surface area contributed by atoms with Gasteiger partial charge in [0.05, 0.1) is 0 Å². The highest BCUT2D eigenvalue weighted by Crippen LogP contribution is 2.63. The van der Waals surface area contributed by atoms with Gasteiger partial charge >= 0.3 is 0 Å². The molecule has 422 valence electrons. The summed E-state index contributed by atoms with van der Waals surface area (Å²) in [6.45, 7) is 9.29. The Morgan fingerprint density at radius 2 is 0.513 bits per heavy atom. The van der Waals surface area contributed by atoms with Gasteiger partial charge in [-0.3, -0.25) is 0 Å². The predicted octanol–water partition coefficient (Wildman–Crippen LogP) is 23.7. The van der Waals surface area contributed by atoms with Crippen molar-refractivity contribution in [2.75, 3.05) is 0 Å². The van der Waals surface area contributed by atoms with Crippen LogP contribution in [0.3, 0.4) is 0 Å². The van der Waals surface area contributed by atoms with Crippen LogP contribution < -0.4 is 0 Å². The lowest BCUT2D eigenvalue weighted by atomic mass is 9.68. The van der Waals surface area contributed by atoms with Gasteiger partial charge in [0, 0.05) is 29.1 Å². The minimum Gasteiger partial charge on any atom is -0.243 e. The van der Waals surface area contributed by atoms with Crippen molar-refractivity contribution < 1.29 is 9.26 Å². The Morgan fingerprint density at radius 1 is 0.289 bits per heavy atom. The maximum atomic E-state index is 5.73. The summed E-state index contributed by atoms with van der Waals surface area (Å²) in [6, 6.07) is 10.5. The third-order valence-electron chi connectivity index (χ3n) is 18.6. The SMILES string of the molecule is CCCCCCCCCCCCC1(CCCCCCCCCCCC)c2cc3c(cc2-c2c1cc(I)c1nonc21)C(CCCCCCCCCCCC)(CCCCCCCCCCCC)c1cc(I)c2nonc2c1-3. The van der Waals surface area contributed by atoms with Crippen molar-refractivity contribution in [3.8, 4) is 22.3 Å². The summed E-state index contributed by atoms with van der Waals surface area (Å²) < 4.78 is 13.8. The number of nitrogens with zero attached hydrogens (tertiary/aromatic N) is 4. The zero-order chi connectivity index (χ0) is 53.3. The summed E-state index contributed by atoms with van der Waals surface area (Å²) in [4.78, 5) is 0. The molecular weight excluding hydrogens is 1160 g/mol. The van der Waals surface area contributed by atoms with E-state index in [1.807, 2.05) is 0 Å². The van der Waals surface area contributed by atoms with Crippen LogP contribution in [0.15, 0.2) is 33.5 Å². The number of hydrogen-bond donors (Lipinski definition) is 0. The molecule has 0 unspecified atom stereocenters. The van der Waals surface area contributed by atoms with E-state index < -0.39 is 0 Å². The Hall–Kier alpha value is -2.08. The molecule has 0 atom stereocenters. The molecule has 76 heavy (non-hydrogen) atoms. The fourth-order valence-electron chi connectivity index (χ4n) is 14.2. The van der Waals surface area contributed by atoms with Crippen LogP contribution in [0.1, 0.15) is 332 Å². The van der Waals surface area contributed by atoms with E-state index in [1.54, 1.807) is 0 Å². The lowest BCUT2D eigenvalue weighted by molar-refractivity contribution is 0.315. The van der Waals surface area contributed by atoms with Crippen LogP contribution in [0.2, 0.25) is 0 Å². The molecular formula is C68H104I2N4O2. The molecule has 0 spiro atoms. The Kier molecular flexibility index (Phi) is 27.2. The maximum absolute atomic E-state index is 5.73. The molecule has 0 aliphatic heterocycles. The molecule has 8 heteroatoms. The van der Waals surface area contributed by atoms with Crippen LogP contribution in [-0.4, -0.2) is 20.6 Å². The normalized spacial score (nSPS) is 14.1. The Labute approximate surface area is 490 Å². The highest BCUT2D eigenvalue weighted by Gasteiger charge is 2.50. The molecule has 3 aromatic carbocycles. The number of fused-ring (bicyclic) bond motifs is 10. The topological polar surface area (TPSA) is 77.8 Å². The summed E-state index contributed by atoms with van der Waals surface area (Å²) in [5, 5.41) is 18.9. The summed E-state index contributed by atoms with van der Waals surface area (Å²) in [5.74, 6) is 0. The lowest BCUT2D eigenvalue weighted by Gasteiger charge is -2.35. The van der Waals surface area contributed by atoms with Gasteiger partial charge in [-0.25, -0.2) is 9.26 Å². The summed E-state index contributed by atoms with van der Waals surface area (Å²) in [7, 11) is 0. The van der Waals surface area contributed by atoms with Crippen LogP contribution in [0.25, 0.3) is 44.3 Å². The second kappa shape index (κ2) is 33.6. The third kappa shape index (κ3) is 16.1. The van der Waals surface area contributed by atoms with Gasteiger partial charge in [0.1, 0.15) is 22.1 Å². The number of unbranched alkanes of at least 4 members (excludes halogenated alkanes) is 36. The van der Waals surface area contributed by atoms with Crippen molar-refractivity contribution in [1.29, 1.82) is 0 Å². The molecule has 0 saturated heterocycles. The van der Waals surface area contributed by atoms with Crippen molar-refractivity contribution in [3.63, 3.8) is 0 Å². The number of halogens is 2. The van der Waals surface area contributed by atoms with E-state index in [0.717, 1.165) is 54.9 Å². The molecule has 0 radical (unpaired) electrons. The predicted molar refractivity (Wildman–Crippen MR) is 341 cm³/mol. The zero-order valence-corrected chi connectivity index (χ0v) is 53.1. The number of benzene rings is 3. The average Bonchev–Trinajstić information content (AvgIpc) is 4.38. The highest BCUT2D eigenvalue weighted by molar-refractivity contribution is 14.1. The second-order valence-electron chi connectivity index (χ2n) is 24.3. The minimum absolute atomic E-state index is 0.115. The van der Waals surface area contributed by atoms with Crippen molar-refractivity contribution in [3.05, 3.63) is 53.7 Å². The summed E-state index contributed by atoms with van der Waals surface area (Å²) in [5.41, 5.74) is 14.9. The highest BCUT2D eigenvalue weighted by atomic mass is 127. The third-order valence-corrected chi connectivity index (χ3v) is 20.2. The molecule has 0 bridgehead atoms. The van der Waals surface area contributed by atoms with E-state index in [1.165, 1.54) is 301 Å². The largest absolute Gasteiger partial charge is 0.243 e. The fourth-order valence-corrected chi connectivity index (χ4v) is 15.5. The van der Waals surface area contributed by atoms with Gasteiger partial charge in [-0.2, -0.15) is 0 Å². The van der Waals surface area contributed by atoms with Crippen LogP contribution >= 0.6 is 45.2 Å². The van der Waals surface area contributed by atoms with Crippen molar-refractivity contribution in [2.45, 2.75) is 321 Å². The first kappa shape index (κ1) is 61.5. The van der Waals surface area contributed by atoms with Crippen LogP contribution in [0.5, 0.6) is 0 Å². The first-order chi connectivity index (χ1) is 37.5. The van der Waals surface area contributed by atoms with Crippen molar-refractivity contribution >= 4 is 67.2 Å². The molecule has 2 heterocycles. The molecule has 2 aromatic heterocycles. The van der Waals surface area contributed by atoms with E-state index in [4.69, 9.17) is 19.6 Å². The molecule has 0 N–H and O–H groups in total. The average molecular weight is 1260 g/mol. The van der Waals surface area contributed by atoms with Gasteiger partial charge in [-0.05, 0) is 149 Å². The van der Waals surface area contributed by atoms with Crippen molar-refractivity contribution in [2.24, 2.45) is 0 Å². The maximum Gasteiger partial charge on any atom is 0.149 e. The van der Waals surface area contributed by atoms with Crippen LogP contribution in [-0.2, 0) is 10.8 Å². The number of aromatic nitrogens is 4. The van der Waals surface area contributed by atoms with E-state index in [-0.39, 0.29) is 10.8 Å². The van der Waals surface area contributed by atoms with Gasteiger partial charge < -0.3 is 0 Å². The molecule has 5 aromatic rings. The fraction of sp³-hybridized carbons (Fsp3) is 0.735. The summed E-state index contributed by atoms with van der Waals surface area (Å²) in [6.07, 6.45) is 58.6. The lowest BCUT2D eigenvalue weighted by Crippen LogP contribution is -2.27. The van der Waals surface area contributed by atoms with Gasteiger partial charge in [-0.1, -0.05) is 285 Å². The zero-order valence-electron chi connectivity index (χ0n) is 48.8. The van der Waals surface area contributed by atoms with E-state index in [9.17, 15) is 0 Å². The molecule has 0 saturated carbocycles. The van der Waals surface area contributed by atoms with E-state index in [2.05, 4.69) is 107 Å². The molecule has 0 fully saturated rings. The van der Waals surface area contributed by atoms with Crippen molar-refractivity contribution in [1.82, 2.24) is 20.6 Å². The van der Waals surface area contributed by atoms with Gasteiger partial charge in [0.15, 0.2) is 0 Å². The summed E-state index contributed by atoms with van der Waals surface area (Å²) >= 11 is 5.07. The number of hydrogen-bond acceptors (Lipinski definition) is 6. The minimum atomic E-state index is -0.115. The molecule has 0 amide bonds. The van der Waals surface area contributed by atoms with Crippen LogP contribution in [0, 0.1) is 7.14 Å². The molecule has 7 rings (SSSR count). The van der Waals surface area contributed by atoms with E-state index >= 15 is 0 Å².